The number of Topliss-reactive ketones (excluding diaryl/α,β-unsaturated/α-hetero) is 1. The Morgan fingerprint density at radius 2 is 1.90 bits per heavy atom. The minimum atomic E-state index is -0.570. The highest BCUT2D eigenvalue weighted by Gasteiger charge is 2.16. The molecule has 0 bridgehead atoms. The van der Waals surface area contributed by atoms with Crippen molar-refractivity contribution in [1.82, 2.24) is 0 Å². The molecule has 0 saturated heterocycles. The number of hydrogen-bond acceptors (Lipinski definition) is 4. The largest absolute Gasteiger partial charge is 0.497 e. The maximum atomic E-state index is 12.1. The van der Waals surface area contributed by atoms with Crippen molar-refractivity contribution >= 4 is 5.78 Å². The molecule has 0 radical (unpaired) electrons. The van der Waals surface area contributed by atoms with Gasteiger partial charge in [0.05, 0.1) is 7.11 Å². The molecule has 0 spiro atoms. The molecule has 2 aromatic rings. The summed E-state index contributed by atoms with van der Waals surface area (Å²) in [6.07, 6.45) is 1.52. The molecular weight excluding hydrogens is 268 g/mol. The number of ether oxygens (including phenoxy) is 1. The van der Waals surface area contributed by atoms with Crippen LogP contribution in [0, 0.1) is 0 Å². The van der Waals surface area contributed by atoms with E-state index >= 15 is 0 Å². The van der Waals surface area contributed by atoms with Crippen LogP contribution in [0.15, 0.2) is 39.5 Å². The van der Waals surface area contributed by atoms with Crippen molar-refractivity contribution in [3.05, 3.63) is 51.9 Å². The minimum Gasteiger partial charge on any atom is -0.497 e. The van der Waals surface area contributed by atoms with Crippen LogP contribution in [0.25, 0.3) is 11.3 Å². The second kappa shape index (κ2) is 6.39. The van der Waals surface area contributed by atoms with Crippen molar-refractivity contribution in [2.24, 2.45) is 0 Å². The molecule has 0 aliphatic rings. The van der Waals surface area contributed by atoms with Gasteiger partial charge in [-0.25, -0.2) is 4.79 Å². The molecule has 0 saturated carbocycles. The van der Waals surface area contributed by atoms with Gasteiger partial charge in [0, 0.05) is 5.56 Å². The Labute approximate surface area is 123 Å². The first-order valence-electron chi connectivity index (χ1n) is 6.89. The van der Waals surface area contributed by atoms with Crippen molar-refractivity contribution in [2.45, 2.75) is 26.7 Å². The average molecular weight is 286 g/mol. The Bertz CT molecular complexity index is 696. The summed E-state index contributed by atoms with van der Waals surface area (Å²) in [5, 5.41) is 0. The van der Waals surface area contributed by atoms with Crippen LogP contribution in [0.5, 0.6) is 5.75 Å². The molecule has 0 amide bonds. The van der Waals surface area contributed by atoms with Crippen LogP contribution in [-0.2, 0) is 6.42 Å². The molecule has 4 nitrogen and oxygen atoms in total. The number of carbonyl (C=O) groups is 1. The molecule has 1 heterocycles. The van der Waals surface area contributed by atoms with Crippen LogP contribution >= 0.6 is 0 Å². The maximum Gasteiger partial charge on any atom is 0.347 e. The molecule has 4 heteroatoms. The lowest BCUT2D eigenvalue weighted by atomic mass is 10.0. The predicted octanol–water partition coefficient (Wildman–Crippen LogP) is 3.47. The van der Waals surface area contributed by atoms with Crippen LogP contribution in [0.3, 0.4) is 0 Å². The van der Waals surface area contributed by atoms with Crippen LogP contribution in [0.1, 0.15) is 36.2 Å². The Morgan fingerprint density at radius 3 is 2.43 bits per heavy atom. The fourth-order valence-electron chi connectivity index (χ4n) is 2.28. The first-order valence-corrected chi connectivity index (χ1v) is 6.89. The first kappa shape index (κ1) is 15.0. The number of hydrogen-bond donors (Lipinski definition) is 0. The Balaban J connectivity index is 2.54. The second-order valence-corrected chi connectivity index (χ2v) is 4.83. The normalized spacial score (nSPS) is 10.4. The zero-order valence-electron chi connectivity index (χ0n) is 12.4. The van der Waals surface area contributed by atoms with E-state index in [4.69, 9.17) is 9.15 Å². The van der Waals surface area contributed by atoms with E-state index in [1.807, 2.05) is 19.1 Å². The third kappa shape index (κ3) is 3.21. The van der Waals surface area contributed by atoms with E-state index in [2.05, 4.69) is 0 Å². The van der Waals surface area contributed by atoms with Crippen LogP contribution < -0.4 is 10.4 Å². The first-order chi connectivity index (χ1) is 10.1. The third-order valence-electron chi connectivity index (χ3n) is 3.28. The Kier molecular flexibility index (Phi) is 4.58. The molecule has 0 fully saturated rings. The van der Waals surface area contributed by atoms with Gasteiger partial charge in [0.15, 0.2) is 5.78 Å². The minimum absolute atomic E-state index is 0.161. The van der Waals surface area contributed by atoms with Crippen LogP contribution in [0.2, 0.25) is 0 Å². The lowest BCUT2D eigenvalue weighted by Crippen LogP contribution is -2.15. The standard InChI is InChI=1S/C17H18O4/c1-4-5-13-10-15(21-17(19)16(13)11(2)18)12-6-8-14(20-3)9-7-12/h6-10H,4-5H2,1-3H3. The molecule has 1 aromatic heterocycles. The quantitative estimate of drug-likeness (QED) is 0.790. The van der Waals surface area contributed by atoms with E-state index in [1.165, 1.54) is 6.92 Å². The SMILES string of the molecule is CCCc1cc(-c2ccc(OC)cc2)oc(=O)c1C(C)=O. The Morgan fingerprint density at radius 1 is 1.24 bits per heavy atom. The van der Waals surface area contributed by atoms with E-state index in [1.54, 1.807) is 25.3 Å². The van der Waals surface area contributed by atoms with E-state index in [0.29, 0.717) is 12.2 Å². The Hall–Kier alpha value is -2.36. The van der Waals surface area contributed by atoms with Gasteiger partial charge >= 0.3 is 5.63 Å². The van der Waals surface area contributed by atoms with Crippen molar-refractivity contribution in [3.8, 4) is 17.1 Å². The fourth-order valence-corrected chi connectivity index (χ4v) is 2.28. The zero-order valence-corrected chi connectivity index (χ0v) is 12.4. The third-order valence-corrected chi connectivity index (χ3v) is 3.28. The topological polar surface area (TPSA) is 56.5 Å². The molecule has 0 atom stereocenters. The van der Waals surface area contributed by atoms with E-state index < -0.39 is 5.63 Å². The van der Waals surface area contributed by atoms with Crippen LogP contribution in [-0.4, -0.2) is 12.9 Å². The number of carbonyl (C=O) groups excluding carboxylic acids is 1. The monoisotopic (exact) mass is 286 g/mol. The summed E-state index contributed by atoms with van der Waals surface area (Å²) in [6.45, 7) is 3.39. The molecule has 1 aromatic carbocycles. The lowest BCUT2D eigenvalue weighted by molar-refractivity contribution is 0.101. The summed E-state index contributed by atoms with van der Waals surface area (Å²) >= 11 is 0. The molecule has 110 valence electrons. The molecule has 0 N–H and O–H groups in total. The van der Waals surface area contributed by atoms with Gasteiger partial charge in [-0.1, -0.05) is 13.3 Å². The van der Waals surface area contributed by atoms with Crippen molar-refractivity contribution in [3.63, 3.8) is 0 Å². The number of aryl methyl sites for hydroxylation is 1. The van der Waals surface area contributed by atoms with Crippen LogP contribution in [0.4, 0.5) is 0 Å². The van der Waals surface area contributed by atoms with Crippen molar-refractivity contribution in [2.75, 3.05) is 7.11 Å². The number of methoxy groups -OCH3 is 1. The molecule has 0 aliphatic heterocycles. The number of benzene rings is 1. The van der Waals surface area contributed by atoms with E-state index in [9.17, 15) is 9.59 Å². The summed E-state index contributed by atoms with van der Waals surface area (Å²) in [6, 6.07) is 9.02. The molecular formula is C17H18O4. The van der Waals surface area contributed by atoms with Gasteiger partial charge in [-0.15, -0.1) is 0 Å². The van der Waals surface area contributed by atoms with Gasteiger partial charge in [-0.3, -0.25) is 4.79 Å². The van der Waals surface area contributed by atoms with Gasteiger partial charge in [0.1, 0.15) is 17.1 Å². The van der Waals surface area contributed by atoms with Gasteiger partial charge in [-0.2, -0.15) is 0 Å². The van der Waals surface area contributed by atoms with Crippen molar-refractivity contribution < 1.29 is 13.9 Å². The summed E-state index contributed by atoms with van der Waals surface area (Å²) in [7, 11) is 1.59. The van der Waals surface area contributed by atoms with Gasteiger partial charge in [0.2, 0.25) is 0 Å². The maximum absolute atomic E-state index is 12.1. The predicted molar refractivity (Wildman–Crippen MR) is 81.0 cm³/mol. The summed E-state index contributed by atoms with van der Waals surface area (Å²) in [5.41, 5.74) is 1.11. The fraction of sp³-hybridized carbons (Fsp3) is 0.294. The second-order valence-electron chi connectivity index (χ2n) is 4.83. The highest BCUT2D eigenvalue weighted by molar-refractivity contribution is 5.95. The lowest BCUT2D eigenvalue weighted by Gasteiger charge is -2.08. The highest BCUT2D eigenvalue weighted by Crippen LogP contribution is 2.24. The van der Waals surface area contributed by atoms with E-state index in [-0.39, 0.29) is 11.3 Å². The highest BCUT2D eigenvalue weighted by atomic mass is 16.5. The smallest absolute Gasteiger partial charge is 0.347 e. The zero-order chi connectivity index (χ0) is 15.4. The number of ketones is 1. The van der Waals surface area contributed by atoms with Crippen molar-refractivity contribution in [1.29, 1.82) is 0 Å². The molecule has 0 aliphatic carbocycles. The molecule has 2 rings (SSSR count). The summed E-state index contributed by atoms with van der Waals surface area (Å²) < 4.78 is 10.4. The van der Waals surface area contributed by atoms with Gasteiger partial charge < -0.3 is 9.15 Å². The summed E-state index contributed by atoms with van der Waals surface area (Å²) in [4.78, 5) is 23.7. The van der Waals surface area contributed by atoms with Gasteiger partial charge in [0.25, 0.3) is 0 Å². The average Bonchev–Trinajstić information content (AvgIpc) is 2.46. The van der Waals surface area contributed by atoms with E-state index in [0.717, 1.165) is 23.3 Å². The van der Waals surface area contributed by atoms with Gasteiger partial charge in [-0.05, 0) is 49.2 Å². The molecule has 0 unspecified atom stereocenters. The molecule has 21 heavy (non-hydrogen) atoms. The summed E-state index contributed by atoms with van der Waals surface area (Å²) in [5.74, 6) is 0.944. The number of rotatable bonds is 5.